The molecule has 1 amide bonds. The molecular formula is C16H15FN2O. The van der Waals surface area contributed by atoms with Gasteiger partial charge < -0.3 is 10.6 Å². The molecule has 0 aliphatic carbocycles. The SMILES string of the molecule is Cc1cccc(F)c1NC(=O)c1ccc2c(c1)NCC2. The predicted octanol–water partition coefficient (Wildman–Crippen LogP) is 3.35. The second-order valence-electron chi connectivity index (χ2n) is 4.93. The molecule has 0 atom stereocenters. The van der Waals surface area contributed by atoms with Crippen molar-refractivity contribution in [2.75, 3.05) is 17.2 Å². The van der Waals surface area contributed by atoms with Crippen LogP contribution in [-0.4, -0.2) is 12.5 Å². The van der Waals surface area contributed by atoms with Crippen LogP contribution in [0.2, 0.25) is 0 Å². The molecule has 0 spiro atoms. The number of anilines is 2. The Morgan fingerprint density at radius 3 is 2.95 bits per heavy atom. The number of hydrogen-bond acceptors (Lipinski definition) is 2. The van der Waals surface area contributed by atoms with Gasteiger partial charge in [0.25, 0.3) is 5.91 Å². The fourth-order valence-electron chi connectivity index (χ4n) is 2.41. The van der Waals surface area contributed by atoms with Crippen LogP contribution in [0.25, 0.3) is 0 Å². The second kappa shape index (κ2) is 4.96. The molecule has 3 rings (SSSR count). The highest BCUT2D eigenvalue weighted by Gasteiger charge is 2.15. The van der Waals surface area contributed by atoms with Crippen molar-refractivity contribution >= 4 is 17.3 Å². The maximum atomic E-state index is 13.7. The molecule has 102 valence electrons. The Kier molecular flexibility index (Phi) is 3.14. The minimum absolute atomic E-state index is 0.242. The van der Waals surface area contributed by atoms with Gasteiger partial charge >= 0.3 is 0 Å². The van der Waals surface area contributed by atoms with E-state index in [0.29, 0.717) is 11.1 Å². The van der Waals surface area contributed by atoms with Crippen molar-refractivity contribution in [3.63, 3.8) is 0 Å². The molecule has 2 aromatic rings. The predicted molar refractivity (Wildman–Crippen MR) is 77.7 cm³/mol. The first-order valence-corrected chi connectivity index (χ1v) is 6.58. The molecule has 20 heavy (non-hydrogen) atoms. The van der Waals surface area contributed by atoms with Crippen LogP contribution < -0.4 is 10.6 Å². The third kappa shape index (κ3) is 2.25. The molecule has 1 aliphatic rings. The maximum absolute atomic E-state index is 13.7. The molecule has 0 aromatic heterocycles. The van der Waals surface area contributed by atoms with Crippen LogP contribution in [0, 0.1) is 12.7 Å². The average molecular weight is 270 g/mol. The zero-order valence-electron chi connectivity index (χ0n) is 11.2. The van der Waals surface area contributed by atoms with Crippen molar-refractivity contribution in [2.24, 2.45) is 0 Å². The van der Waals surface area contributed by atoms with Crippen molar-refractivity contribution in [2.45, 2.75) is 13.3 Å². The number of carbonyl (C=O) groups is 1. The van der Waals surface area contributed by atoms with E-state index in [0.717, 1.165) is 18.7 Å². The molecule has 2 aromatic carbocycles. The summed E-state index contributed by atoms with van der Waals surface area (Å²) in [6.07, 6.45) is 0.976. The van der Waals surface area contributed by atoms with Gasteiger partial charge in [-0.05, 0) is 42.7 Å². The molecule has 0 saturated heterocycles. The molecular weight excluding hydrogens is 255 g/mol. The Morgan fingerprint density at radius 1 is 1.30 bits per heavy atom. The molecule has 1 heterocycles. The van der Waals surface area contributed by atoms with Gasteiger partial charge in [0.1, 0.15) is 5.82 Å². The Labute approximate surface area is 116 Å². The van der Waals surface area contributed by atoms with Crippen LogP contribution in [0.1, 0.15) is 21.5 Å². The molecule has 0 saturated carbocycles. The number of hydrogen-bond donors (Lipinski definition) is 2. The number of aryl methyl sites for hydroxylation is 1. The van der Waals surface area contributed by atoms with Crippen LogP contribution in [0.3, 0.4) is 0 Å². The summed E-state index contributed by atoms with van der Waals surface area (Å²) in [6, 6.07) is 10.3. The quantitative estimate of drug-likeness (QED) is 0.878. The number of nitrogens with one attached hydrogen (secondary N) is 2. The number of fused-ring (bicyclic) bond motifs is 1. The van der Waals surface area contributed by atoms with Gasteiger partial charge in [-0.15, -0.1) is 0 Å². The van der Waals surface area contributed by atoms with Crippen LogP contribution in [0.5, 0.6) is 0 Å². The van der Waals surface area contributed by atoms with Crippen LogP contribution in [0.4, 0.5) is 15.8 Å². The second-order valence-corrected chi connectivity index (χ2v) is 4.93. The Balaban J connectivity index is 1.86. The molecule has 4 heteroatoms. The number of carbonyl (C=O) groups excluding carboxylic acids is 1. The first-order chi connectivity index (χ1) is 9.65. The van der Waals surface area contributed by atoms with E-state index < -0.39 is 5.82 Å². The minimum Gasteiger partial charge on any atom is -0.384 e. The summed E-state index contributed by atoms with van der Waals surface area (Å²) < 4.78 is 13.7. The third-order valence-electron chi connectivity index (χ3n) is 3.54. The van der Waals surface area contributed by atoms with E-state index in [4.69, 9.17) is 0 Å². The summed E-state index contributed by atoms with van der Waals surface area (Å²) in [5, 5.41) is 5.87. The van der Waals surface area contributed by atoms with Crippen LogP contribution in [0.15, 0.2) is 36.4 Å². The van der Waals surface area contributed by atoms with Gasteiger partial charge in [-0.3, -0.25) is 4.79 Å². The fourth-order valence-corrected chi connectivity index (χ4v) is 2.41. The van der Waals surface area contributed by atoms with Gasteiger partial charge in [0.05, 0.1) is 5.69 Å². The number of amides is 1. The van der Waals surface area contributed by atoms with Gasteiger partial charge in [0.15, 0.2) is 0 Å². The smallest absolute Gasteiger partial charge is 0.255 e. The van der Waals surface area contributed by atoms with Crippen molar-refractivity contribution in [3.8, 4) is 0 Å². The maximum Gasteiger partial charge on any atom is 0.255 e. The van der Waals surface area contributed by atoms with Gasteiger partial charge in [-0.2, -0.15) is 0 Å². The standard InChI is InChI=1S/C16H15FN2O/c1-10-3-2-4-13(17)15(10)19-16(20)12-6-5-11-7-8-18-14(11)9-12/h2-6,9,18H,7-8H2,1H3,(H,19,20). The zero-order chi connectivity index (χ0) is 14.1. The van der Waals surface area contributed by atoms with Gasteiger partial charge in [0.2, 0.25) is 0 Å². The number of para-hydroxylation sites is 1. The molecule has 0 radical (unpaired) electrons. The van der Waals surface area contributed by atoms with E-state index in [1.165, 1.54) is 11.6 Å². The van der Waals surface area contributed by atoms with E-state index >= 15 is 0 Å². The van der Waals surface area contributed by atoms with E-state index in [9.17, 15) is 9.18 Å². The normalized spacial score (nSPS) is 12.7. The van der Waals surface area contributed by atoms with Crippen molar-refractivity contribution in [1.82, 2.24) is 0 Å². The molecule has 1 aliphatic heterocycles. The summed E-state index contributed by atoms with van der Waals surface area (Å²) in [5.74, 6) is -0.715. The van der Waals surface area contributed by atoms with Gasteiger partial charge in [-0.1, -0.05) is 18.2 Å². The van der Waals surface area contributed by atoms with E-state index in [2.05, 4.69) is 10.6 Å². The molecule has 0 unspecified atom stereocenters. The first kappa shape index (κ1) is 12.7. The minimum atomic E-state index is -0.419. The lowest BCUT2D eigenvalue weighted by Crippen LogP contribution is -2.14. The molecule has 0 bridgehead atoms. The van der Waals surface area contributed by atoms with Crippen LogP contribution in [-0.2, 0) is 6.42 Å². The van der Waals surface area contributed by atoms with Crippen molar-refractivity contribution in [3.05, 3.63) is 58.9 Å². The third-order valence-corrected chi connectivity index (χ3v) is 3.54. The number of benzene rings is 2. The van der Waals surface area contributed by atoms with E-state index in [1.807, 2.05) is 12.1 Å². The molecule has 3 nitrogen and oxygen atoms in total. The highest BCUT2D eigenvalue weighted by molar-refractivity contribution is 6.05. The van der Waals surface area contributed by atoms with E-state index in [1.54, 1.807) is 25.1 Å². The summed E-state index contributed by atoms with van der Waals surface area (Å²) in [4.78, 5) is 12.2. The lowest BCUT2D eigenvalue weighted by Gasteiger charge is -2.10. The highest BCUT2D eigenvalue weighted by atomic mass is 19.1. The first-order valence-electron chi connectivity index (χ1n) is 6.58. The summed E-state index contributed by atoms with van der Waals surface area (Å²) in [6.45, 7) is 2.66. The summed E-state index contributed by atoms with van der Waals surface area (Å²) in [5.41, 5.74) is 3.68. The van der Waals surface area contributed by atoms with Gasteiger partial charge in [0, 0.05) is 17.8 Å². The fraction of sp³-hybridized carbons (Fsp3) is 0.188. The largest absolute Gasteiger partial charge is 0.384 e. The lowest BCUT2D eigenvalue weighted by molar-refractivity contribution is 0.102. The van der Waals surface area contributed by atoms with Crippen LogP contribution >= 0.6 is 0 Å². The zero-order valence-corrected chi connectivity index (χ0v) is 11.2. The number of halogens is 1. The lowest BCUT2D eigenvalue weighted by atomic mass is 10.1. The Bertz CT molecular complexity index is 662. The van der Waals surface area contributed by atoms with Gasteiger partial charge in [-0.25, -0.2) is 4.39 Å². The Hall–Kier alpha value is -2.36. The highest BCUT2D eigenvalue weighted by Crippen LogP contribution is 2.24. The Morgan fingerprint density at radius 2 is 2.15 bits per heavy atom. The molecule has 2 N–H and O–H groups in total. The average Bonchev–Trinajstić information content (AvgIpc) is 2.90. The van der Waals surface area contributed by atoms with Crippen molar-refractivity contribution < 1.29 is 9.18 Å². The van der Waals surface area contributed by atoms with E-state index in [-0.39, 0.29) is 11.6 Å². The summed E-state index contributed by atoms with van der Waals surface area (Å²) >= 11 is 0. The monoisotopic (exact) mass is 270 g/mol. The van der Waals surface area contributed by atoms with Crippen molar-refractivity contribution in [1.29, 1.82) is 0 Å². The molecule has 0 fully saturated rings. The topological polar surface area (TPSA) is 41.1 Å². The number of rotatable bonds is 2. The summed E-state index contributed by atoms with van der Waals surface area (Å²) in [7, 11) is 0.